The van der Waals surface area contributed by atoms with Gasteiger partial charge in [0.2, 0.25) is 11.8 Å². The zero-order valence-corrected chi connectivity index (χ0v) is 22.2. The van der Waals surface area contributed by atoms with E-state index in [1.54, 1.807) is 16.7 Å². The minimum Gasteiger partial charge on any atom is -0.465 e. The SMILES string of the molecule is CCCC(C)N1CC=C[C@]23S[C@H]4/C=C\CCCOC(=O)[C@H]4[C@H]2C(=O)N([C@@H](CO)CC(C)C)C3C1=O. The maximum absolute atomic E-state index is 14.3. The van der Waals surface area contributed by atoms with Gasteiger partial charge in [-0.15, -0.1) is 11.8 Å². The fourth-order valence-corrected chi connectivity index (χ4v) is 8.38. The van der Waals surface area contributed by atoms with E-state index in [1.807, 2.05) is 23.1 Å². The summed E-state index contributed by atoms with van der Waals surface area (Å²) in [5, 5.41) is 10.1. The van der Waals surface area contributed by atoms with E-state index in [4.69, 9.17) is 4.74 Å². The van der Waals surface area contributed by atoms with Gasteiger partial charge in [0.25, 0.3) is 0 Å². The number of ether oxygens (including phenoxy) is 1. The topological polar surface area (TPSA) is 87.2 Å². The summed E-state index contributed by atoms with van der Waals surface area (Å²) in [7, 11) is 0. The number of carbonyl (C=O) groups is 3. The third-order valence-electron chi connectivity index (χ3n) is 7.91. The normalized spacial score (nSPS) is 35.4. The van der Waals surface area contributed by atoms with E-state index in [0.717, 1.165) is 25.7 Å². The molecule has 1 spiro atoms. The number of aliphatic hydroxyl groups excluding tert-OH is 1. The molecule has 0 radical (unpaired) electrons. The number of esters is 1. The highest BCUT2D eigenvalue weighted by molar-refractivity contribution is 8.02. The molecule has 0 aromatic rings. The molecule has 0 aromatic carbocycles. The summed E-state index contributed by atoms with van der Waals surface area (Å²) in [6.45, 7) is 8.87. The van der Waals surface area contributed by atoms with Crippen LogP contribution >= 0.6 is 11.8 Å². The highest BCUT2D eigenvalue weighted by Crippen LogP contribution is 2.61. The van der Waals surface area contributed by atoms with Crippen LogP contribution in [0.15, 0.2) is 24.3 Å². The Morgan fingerprint density at radius 3 is 2.66 bits per heavy atom. The second kappa shape index (κ2) is 10.7. The molecule has 35 heavy (non-hydrogen) atoms. The number of fused-ring (bicyclic) bond motifs is 2. The van der Waals surface area contributed by atoms with Gasteiger partial charge in [-0.05, 0) is 38.5 Å². The first kappa shape index (κ1) is 26.3. The lowest BCUT2D eigenvalue weighted by Gasteiger charge is -2.40. The van der Waals surface area contributed by atoms with Crippen LogP contribution in [0.5, 0.6) is 0 Å². The number of amides is 2. The first-order valence-electron chi connectivity index (χ1n) is 13.2. The van der Waals surface area contributed by atoms with E-state index in [2.05, 4.69) is 33.8 Å². The van der Waals surface area contributed by atoms with Gasteiger partial charge in [0.1, 0.15) is 6.04 Å². The van der Waals surface area contributed by atoms with Crippen LogP contribution in [0.25, 0.3) is 0 Å². The highest BCUT2D eigenvalue weighted by Gasteiger charge is 2.71. The van der Waals surface area contributed by atoms with Crippen LogP contribution in [-0.2, 0) is 19.1 Å². The van der Waals surface area contributed by atoms with Gasteiger partial charge in [0, 0.05) is 17.8 Å². The van der Waals surface area contributed by atoms with Gasteiger partial charge in [-0.25, -0.2) is 0 Å². The summed E-state index contributed by atoms with van der Waals surface area (Å²) in [5.41, 5.74) is 0. The molecule has 8 heteroatoms. The molecular weight excluding hydrogens is 464 g/mol. The van der Waals surface area contributed by atoms with Gasteiger partial charge < -0.3 is 19.6 Å². The molecule has 7 nitrogen and oxygen atoms in total. The number of aliphatic hydroxyl groups is 1. The van der Waals surface area contributed by atoms with Crippen LogP contribution in [0.1, 0.15) is 59.8 Å². The molecule has 2 unspecified atom stereocenters. The van der Waals surface area contributed by atoms with Gasteiger partial charge in [-0.1, -0.05) is 51.5 Å². The number of cyclic esters (lactones) is 1. The van der Waals surface area contributed by atoms with Crippen LogP contribution in [0.2, 0.25) is 0 Å². The molecule has 0 bridgehead atoms. The van der Waals surface area contributed by atoms with Crippen LogP contribution in [-0.4, -0.2) is 80.6 Å². The number of carbonyl (C=O) groups excluding carboxylic acids is 3. The molecule has 2 saturated heterocycles. The minimum atomic E-state index is -0.864. The Bertz CT molecular complexity index is 889. The van der Waals surface area contributed by atoms with Crippen LogP contribution in [0.3, 0.4) is 0 Å². The van der Waals surface area contributed by atoms with Crippen LogP contribution in [0.4, 0.5) is 0 Å². The van der Waals surface area contributed by atoms with Crippen LogP contribution in [0, 0.1) is 17.8 Å². The minimum absolute atomic E-state index is 0.0365. The van der Waals surface area contributed by atoms with Crippen molar-refractivity contribution in [3.63, 3.8) is 0 Å². The molecule has 4 rings (SSSR count). The van der Waals surface area contributed by atoms with Gasteiger partial charge in [0.05, 0.1) is 35.8 Å². The van der Waals surface area contributed by atoms with Crippen LogP contribution < -0.4 is 0 Å². The maximum Gasteiger partial charge on any atom is 0.311 e. The molecular formula is C27H40N2O5S. The van der Waals surface area contributed by atoms with Crippen molar-refractivity contribution >= 4 is 29.5 Å². The van der Waals surface area contributed by atoms with Crippen molar-refractivity contribution < 1.29 is 24.2 Å². The van der Waals surface area contributed by atoms with E-state index in [-0.39, 0.29) is 41.6 Å². The number of allylic oxidation sites excluding steroid dienone is 1. The molecule has 7 atom stereocenters. The van der Waals surface area contributed by atoms with E-state index in [9.17, 15) is 19.5 Å². The third kappa shape index (κ3) is 4.57. The third-order valence-corrected chi connectivity index (χ3v) is 9.65. The van der Waals surface area contributed by atoms with E-state index in [0.29, 0.717) is 19.6 Å². The first-order chi connectivity index (χ1) is 16.8. The lowest BCUT2D eigenvalue weighted by molar-refractivity contribution is -0.153. The molecule has 1 N–H and O–H groups in total. The van der Waals surface area contributed by atoms with E-state index >= 15 is 0 Å². The summed E-state index contributed by atoms with van der Waals surface area (Å²) < 4.78 is 4.75. The molecule has 2 fully saturated rings. The molecule has 0 aromatic heterocycles. The number of hydrogen-bond donors (Lipinski definition) is 1. The molecule has 4 aliphatic heterocycles. The number of likely N-dealkylation sites (tertiary alicyclic amines) is 1. The molecule has 2 amide bonds. The Balaban J connectivity index is 1.84. The summed E-state index contributed by atoms with van der Waals surface area (Å²) in [6.07, 6.45) is 12.2. The Hall–Kier alpha value is -1.80. The average Bonchev–Trinajstić information content (AvgIpc) is 3.22. The predicted octanol–water partition coefficient (Wildman–Crippen LogP) is 3.17. The smallest absolute Gasteiger partial charge is 0.311 e. The Morgan fingerprint density at radius 2 is 1.97 bits per heavy atom. The number of nitrogens with zero attached hydrogens (tertiary/aromatic N) is 2. The highest BCUT2D eigenvalue weighted by atomic mass is 32.2. The quantitative estimate of drug-likeness (QED) is 0.423. The Kier molecular flexibility index (Phi) is 8.01. The first-order valence-corrected chi connectivity index (χ1v) is 14.1. The van der Waals surface area contributed by atoms with Crippen molar-refractivity contribution in [1.82, 2.24) is 9.80 Å². The van der Waals surface area contributed by atoms with E-state index < -0.39 is 28.7 Å². The summed E-state index contributed by atoms with van der Waals surface area (Å²) in [5.74, 6) is -1.74. The van der Waals surface area contributed by atoms with Gasteiger partial charge in [0.15, 0.2) is 0 Å². The van der Waals surface area contributed by atoms with E-state index in [1.165, 1.54) is 0 Å². The lowest BCUT2D eigenvalue weighted by atomic mass is 9.78. The largest absolute Gasteiger partial charge is 0.465 e. The number of thioether (sulfide) groups is 1. The van der Waals surface area contributed by atoms with Crippen molar-refractivity contribution in [1.29, 1.82) is 0 Å². The predicted molar refractivity (Wildman–Crippen MR) is 137 cm³/mol. The monoisotopic (exact) mass is 504 g/mol. The van der Waals surface area contributed by atoms with Crippen molar-refractivity contribution in [2.75, 3.05) is 19.8 Å². The van der Waals surface area contributed by atoms with Crippen molar-refractivity contribution in [3.05, 3.63) is 24.3 Å². The zero-order valence-electron chi connectivity index (χ0n) is 21.4. The Morgan fingerprint density at radius 1 is 1.20 bits per heavy atom. The van der Waals surface area contributed by atoms with Crippen molar-refractivity contribution in [3.8, 4) is 0 Å². The molecule has 0 aliphatic carbocycles. The standard InChI is InChI=1S/C27H40N2O5S/c1-5-10-18(4)28-13-9-12-27-22(21-20(35-27)11-7-6-8-14-34-26(21)33)24(31)29(23(27)25(28)32)19(16-30)15-17(2)3/h7,9,11-12,17-23,30H,5-6,8,10,13-16H2,1-4H3/b11-7-/t18?,19-,20+,21-,22+,23?,27+/m1/s1. The fraction of sp³-hybridized carbons (Fsp3) is 0.741. The molecule has 4 aliphatic rings. The number of hydrogen-bond acceptors (Lipinski definition) is 6. The second-order valence-corrected chi connectivity index (χ2v) is 12.3. The van der Waals surface area contributed by atoms with Crippen molar-refractivity contribution in [2.45, 2.75) is 87.9 Å². The zero-order chi connectivity index (χ0) is 25.3. The summed E-state index contributed by atoms with van der Waals surface area (Å²) in [6, 6.07) is -1.19. The Labute approximate surface area is 213 Å². The molecule has 0 saturated carbocycles. The maximum atomic E-state index is 14.3. The van der Waals surface area contributed by atoms with Crippen molar-refractivity contribution in [2.24, 2.45) is 17.8 Å². The fourth-order valence-electron chi connectivity index (χ4n) is 6.39. The average molecular weight is 505 g/mol. The number of rotatable bonds is 7. The molecule has 4 heterocycles. The van der Waals surface area contributed by atoms with Gasteiger partial charge in [-0.3, -0.25) is 14.4 Å². The lowest BCUT2D eigenvalue weighted by Crippen LogP contribution is -2.58. The molecule has 194 valence electrons. The second-order valence-electron chi connectivity index (χ2n) is 10.8. The summed E-state index contributed by atoms with van der Waals surface area (Å²) >= 11 is 1.56. The summed E-state index contributed by atoms with van der Waals surface area (Å²) in [4.78, 5) is 45.4. The van der Waals surface area contributed by atoms with Gasteiger partial charge in [-0.2, -0.15) is 0 Å². The van der Waals surface area contributed by atoms with Gasteiger partial charge >= 0.3 is 5.97 Å².